The Morgan fingerprint density at radius 2 is 2.05 bits per heavy atom. The SMILES string of the molecule is CC(C)(C)[Si](C)(C)O[C@H]1CCCC2=Cc3cocc3C[C@]21O. The predicted octanol–water partition coefficient (Wildman–Crippen LogP) is 4.52. The van der Waals surface area contributed by atoms with E-state index in [1.54, 1.807) is 12.5 Å². The van der Waals surface area contributed by atoms with E-state index in [0.29, 0.717) is 6.42 Å². The third kappa shape index (κ3) is 2.51. The highest BCUT2D eigenvalue weighted by molar-refractivity contribution is 6.74. The molecule has 2 aliphatic rings. The lowest BCUT2D eigenvalue weighted by Gasteiger charge is -2.48. The minimum atomic E-state index is -1.90. The summed E-state index contributed by atoms with van der Waals surface area (Å²) >= 11 is 0. The average Bonchev–Trinajstić information content (AvgIpc) is 2.82. The summed E-state index contributed by atoms with van der Waals surface area (Å²) in [7, 11) is -1.90. The monoisotopic (exact) mass is 320 g/mol. The Bertz CT molecular complexity index is 594. The number of furan rings is 1. The molecular weight excluding hydrogens is 292 g/mol. The quantitative estimate of drug-likeness (QED) is 0.814. The van der Waals surface area contributed by atoms with Crippen LogP contribution < -0.4 is 0 Å². The number of hydrogen-bond acceptors (Lipinski definition) is 3. The maximum Gasteiger partial charge on any atom is 0.192 e. The Kier molecular flexibility index (Phi) is 3.70. The van der Waals surface area contributed by atoms with E-state index in [4.69, 9.17) is 8.84 Å². The maximum atomic E-state index is 11.4. The zero-order valence-electron chi connectivity index (χ0n) is 14.4. The van der Waals surface area contributed by atoms with Crippen LogP contribution in [0.4, 0.5) is 0 Å². The van der Waals surface area contributed by atoms with Crippen LogP contribution in [0.2, 0.25) is 18.1 Å². The molecule has 1 aromatic rings. The first-order valence-electron chi connectivity index (χ1n) is 8.30. The second-order valence-corrected chi connectivity index (χ2v) is 13.1. The summed E-state index contributed by atoms with van der Waals surface area (Å²) in [5, 5.41) is 11.6. The molecule has 3 nitrogen and oxygen atoms in total. The first-order valence-corrected chi connectivity index (χ1v) is 11.2. The topological polar surface area (TPSA) is 42.6 Å². The van der Waals surface area contributed by atoms with Gasteiger partial charge in [0.1, 0.15) is 5.60 Å². The smallest absolute Gasteiger partial charge is 0.192 e. The highest BCUT2D eigenvalue weighted by atomic mass is 28.4. The summed E-state index contributed by atoms with van der Waals surface area (Å²) in [6.45, 7) is 11.3. The van der Waals surface area contributed by atoms with Gasteiger partial charge >= 0.3 is 0 Å². The summed E-state index contributed by atoms with van der Waals surface area (Å²) in [4.78, 5) is 0. The third-order valence-electron chi connectivity index (χ3n) is 5.81. The van der Waals surface area contributed by atoms with Crippen LogP contribution in [-0.2, 0) is 10.8 Å². The third-order valence-corrected chi connectivity index (χ3v) is 10.3. The molecule has 1 fully saturated rings. The van der Waals surface area contributed by atoms with Crippen LogP contribution in [0.15, 0.2) is 22.5 Å². The van der Waals surface area contributed by atoms with Crippen molar-refractivity contribution in [3.8, 4) is 0 Å². The minimum Gasteiger partial charge on any atom is -0.472 e. The van der Waals surface area contributed by atoms with Crippen LogP contribution >= 0.6 is 0 Å². The van der Waals surface area contributed by atoms with E-state index in [-0.39, 0.29) is 11.1 Å². The van der Waals surface area contributed by atoms with Crippen LogP contribution in [0.5, 0.6) is 0 Å². The van der Waals surface area contributed by atoms with E-state index in [1.807, 2.05) is 0 Å². The van der Waals surface area contributed by atoms with Crippen molar-refractivity contribution in [1.82, 2.24) is 0 Å². The zero-order valence-corrected chi connectivity index (χ0v) is 15.4. The molecule has 0 radical (unpaired) electrons. The van der Waals surface area contributed by atoms with Crippen LogP contribution in [-0.4, -0.2) is 25.1 Å². The van der Waals surface area contributed by atoms with Crippen molar-refractivity contribution < 1.29 is 13.9 Å². The lowest BCUT2D eigenvalue weighted by atomic mass is 9.71. The normalized spacial score (nSPS) is 28.8. The summed E-state index contributed by atoms with van der Waals surface area (Å²) in [6, 6.07) is 0. The lowest BCUT2D eigenvalue weighted by molar-refractivity contribution is -0.0573. The molecule has 0 bridgehead atoms. The summed E-state index contributed by atoms with van der Waals surface area (Å²) in [5.74, 6) is 0. The molecule has 4 heteroatoms. The molecule has 0 unspecified atom stereocenters. The molecule has 0 amide bonds. The average molecular weight is 321 g/mol. The van der Waals surface area contributed by atoms with Crippen LogP contribution in [0.1, 0.15) is 51.2 Å². The first-order chi connectivity index (χ1) is 10.1. The summed E-state index contributed by atoms with van der Waals surface area (Å²) in [6.07, 6.45) is 9.15. The van der Waals surface area contributed by atoms with Crippen molar-refractivity contribution in [2.75, 3.05) is 0 Å². The molecule has 2 atom stereocenters. The second kappa shape index (κ2) is 5.08. The van der Waals surface area contributed by atoms with E-state index in [2.05, 4.69) is 39.9 Å². The summed E-state index contributed by atoms with van der Waals surface area (Å²) in [5.41, 5.74) is 2.48. The molecule has 1 saturated carbocycles. The van der Waals surface area contributed by atoms with E-state index < -0.39 is 13.9 Å². The van der Waals surface area contributed by atoms with Gasteiger partial charge < -0.3 is 13.9 Å². The minimum absolute atomic E-state index is 0.101. The number of rotatable bonds is 2. The van der Waals surface area contributed by atoms with Crippen LogP contribution in [0, 0.1) is 0 Å². The molecule has 2 aliphatic carbocycles. The van der Waals surface area contributed by atoms with Gasteiger partial charge in [-0.25, -0.2) is 0 Å². The van der Waals surface area contributed by atoms with E-state index in [9.17, 15) is 5.11 Å². The molecule has 0 aromatic carbocycles. The second-order valence-electron chi connectivity index (χ2n) is 8.38. The Morgan fingerprint density at radius 3 is 2.73 bits per heavy atom. The van der Waals surface area contributed by atoms with Crippen molar-refractivity contribution in [3.63, 3.8) is 0 Å². The van der Waals surface area contributed by atoms with Crippen molar-refractivity contribution in [3.05, 3.63) is 29.2 Å². The van der Waals surface area contributed by atoms with Gasteiger partial charge in [0.15, 0.2) is 8.32 Å². The van der Waals surface area contributed by atoms with Crippen molar-refractivity contribution in [1.29, 1.82) is 0 Å². The van der Waals surface area contributed by atoms with E-state index in [1.165, 1.54) is 0 Å². The molecular formula is C18H28O3Si. The van der Waals surface area contributed by atoms with Gasteiger partial charge in [0.25, 0.3) is 0 Å². The van der Waals surface area contributed by atoms with E-state index in [0.717, 1.165) is 36.0 Å². The number of fused-ring (bicyclic) bond motifs is 2. The molecule has 0 spiro atoms. The fourth-order valence-electron chi connectivity index (χ4n) is 3.33. The molecule has 1 N–H and O–H groups in total. The maximum absolute atomic E-state index is 11.4. The molecule has 22 heavy (non-hydrogen) atoms. The standard InChI is InChI=1S/C18H28O3Si/c1-17(2,3)22(4,5)21-16-8-6-7-15-9-13-11-20-12-14(13)10-18(15,16)19/h9,11-12,16,19H,6-8,10H2,1-5H3/t16-,18-/m0/s1. The van der Waals surface area contributed by atoms with Gasteiger partial charge in [0.05, 0.1) is 18.6 Å². The van der Waals surface area contributed by atoms with Gasteiger partial charge in [0.2, 0.25) is 0 Å². The van der Waals surface area contributed by atoms with Gasteiger partial charge in [-0.2, -0.15) is 0 Å². The van der Waals surface area contributed by atoms with Crippen LogP contribution in [0.25, 0.3) is 6.08 Å². The molecule has 1 aromatic heterocycles. The van der Waals surface area contributed by atoms with Crippen molar-refractivity contribution in [2.24, 2.45) is 0 Å². The van der Waals surface area contributed by atoms with Crippen LogP contribution in [0.3, 0.4) is 0 Å². The Labute approximate surface area is 134 Å². The number of aliphatic hydroxyl groups is 1. The van der Waals surface area contributed by atoms with Gasteiger partial charge in [-0.1, -0.05) is 20.8 Å². The van der Waals surface area contributed by atoms with E-state index >= 15 is 0 Å². The van der Waals surface area contributed by atoms with Gasteiger partial charge in [-0.15, -0.1) is 0 Å². The Balaban J connectivity index is 1.91. The first kappa shape index (κ1) is 16.0. The van der Waals surface area contributed by atoms with Crippen molar-refractivity contribution >= 4 is 14.4 Å². The summed E-state index contributed by atoms with van der Waals surface area (Å²) < 4.78 is 11.9. The zero-order chi connectivity index (χ0) is 16.2. The Hall–Kier alpha value is -0.843. The van der Waals surface area contributed by atoms with Gasteiger partial charge in [-0.3, -0.25) is 0 Å². The molecule has 1 heterocycles. The fourth-order valence-corrected chi connectivity index (χ4v) is 4.71. The van der Waals surface area contributed by atoms with Gasteiger partial charge in [-0.05, 0) is 49.0 Å². The highest BCUT2D eigenvalue weighted by Crippen LogP contribution is 2.46. The predicted molar refractivity (Wildman–Crippen MR) is 91.3 cm³/mol. The fraction of sp³-hybridized carbons (Fsp3) is 0.667. The van der Waals surface area contributed by atoms with Crippen molar-refractivity contribution in [2.45, 2.75) is 76.3 Å². The molecule has 0 aliphatic heterocycles. The van der Waals surface area contributed by atoms with Gasteiger partial charge in [0, 0.05) is 17.5 Å². The molecule has 3 rings (SSSR count). The molecule has 0 saturated heterocycles. The molecule has 122 valence electrons. The Morgan fingerprint density at radius 1 is 1.32 bits per heavy atom. The highest BCUT2D eigenvalue weighted by Gasteiger charge is 2.49. The largest absolute Gasteiger partial charge is 0.472 e. The number of hydrogen-bond donors (Lipinski definition) is 1. The lowest BCUT2D eigenvalue weighted by Crippen LogP contribution is -2.56.